The van der Waals surface area contributed by atoms with Crippen LogP contribution in [0.25, 0.3) is 21.9 Å². The first-order valence-corrected chi connectivity index (χ1v) is 10.1. The lowest BCUT2D eigenvalue weighted by Gasteiger charge is -2.32. The monoisotopic (exact) mass is 423 g/mol. The third-order valence-corrected chi connectivity index (χ3v) is 6.13. The van der Waals surface area contributed by atoms with Crippen LogP contribution in [0, 0.1) is 6.92 Å². The molecule has 2 fully saturated rings. The number of rotatable bonds is 3. The Kier molecular flexibility index (Phi) is 4.49. The van der Waals surface area contributed by atoms with Gasteiger partial charge in [-0.15, -0.1) is 0 Å². The molecule has 0 amide bonds. The summed E-state index contributed by atoms with van der Waals surface area (Å²) in [6.45, 7) is 3.33. The van der Waals surface area contributed by atoms with Gasteiger partial charge in [0.1, 0.15) is 23.4 Å². The van der Waals surface area contributed by atoms with E-state index in [2.05, 4.69) is 20.2 Å². The molecule has 1 N–H and O–H groups in total. The Morgan fingerprint density at radius 3 is 2.59 bits per heavy atom. The zero-order valence-electron chi connectivity index (χ0n) is 15.9. The molecule has 0 spiro atoms. The smallest absolute Gasteiger partial charge is 0.327 e. The summed E-state index contributed by atoms with van der Waals surface area (Å²) in [4.78, 5) is 10.9. The lowest BCUT2D eigenvalue weighted by Crippen LogP contribution is -2.50. The number of aromatic nitrogens is 3. The van der Waals surface area contributed by atoms with Crippen LogP contribution in [-0.2, 0) is 13.1 Å². The Hall–Kier alpha value is -1.90. The Bertz CT molecular complexity index is 1080. The van der Waals surface area contributed by atoms with Crippen LogP contribution in [-0.4, -0.2) is 50.8 Å². The molecule has 2 saturated heterocycles. The van der Waals surface area contributed by atoms with Gasteiger partial charge in [-0.05, 0) is 37.5 Å². The second-order valence-corrected chi connectivity index (χ2v) is 8.50. The van der Waals surface area contributed by atoms with E-state index in [1.54, 1.807) is 13.0 Å². The number of nitrogens with zero attached hydrogens (tertiary/aromatic N) is 4. The number of hydrogen-bond donors (Lipinski definition) is 1. The van der Waals surface area contributed by atoms with Crippen LogP contribution in [0.4, 0.5) is 13.2 Å². The summed E-state index contributed by atoms with van der Waals surface area (Å²) in [5.74, 6) is 0.442. The quantitative estimate of drug-likeness (QED) is 0.646. The first-order chi connectivity index (χ1) is 13.8. The summed E-state index contributed by atoms with van der Waals surface area (Å²) in [6, 6.07) is 6.70. The fourth-order valence-electron chi connectivity index (χ4n) is 4.81. The maximum atomic E-state index is 13.2. The Morgan fingerprint density at radius 2 is 1.90 bits per heavy atom. The fraction of sp³-hybridized carbons (Fsp3) is 0.500. The predicted octanol–water partition coefficient (Wildman–Crippen LogP) is 4.04. The van der Waals surface area contributed by atoms with Crippen LogP contribution >= 0.6 is 11.6 Å². The van der Waals surface area contributed by atoms with Crippen LogP contribution < -0.4 is 5.32 Å². The summed E-state index contributed by atoms with van der Waals surface area (Å²) in [7, 11) is 0. The molecule has 154 valence electrons. The van der Waals surface area contributed by atoms with Gasteiger partial charge in [0.15, 0.2) is 5.15 Å². The molecule has 0 radical (unpaired) electrons. The summed E-state index contributed by atoms with van der Waals surface area (Å²) in [5, 5.41) is 4.35. The largest absolute Gasteiger partial charge is 0.406 e. The van der Waals surface area contributed by atoms with Crippen LogP contribution in [0.2, 0.25) is 5.15 Å². The summed E-state index contributed by atoms with van der Waals surface area (Å²) in [5.41, 5.74) is 2.26. The maximum Gasteiger partial charge on any atom is 0.406 e. The summed E-state index contributed by atoms with van der Waals surface area (Å²) < 4.78 is 40.9. The molecule has 2 aromatic heterocycles. The minimum Gasteiger partial charge on any atom is -0.327 e. The van der Waals surface area contributed by atoms with Gasteiger partial charge in [0.25, 0.3) is 0 Å². The Labute approximate surface area is 170 Å². The van der Waals surface area contributed by atoms with Gasteiger partial charge >= 0.3 is 6.18 Å². The van der Waals surface area contributed by atoms with E-state index in [1.807, 2.05) is 12.1 Å². The Balaban J connectivity index is 1.58. The molecule has 5 nitrogen and oxygen atoms in total. The number of hydrogen-bond acceptors (Lipinski definition) is 4. The van der Waals surface area contributed by atoms with E-state index < -0.39 is 12.7 Å². The maximum absolute atomic E-state index is 13.2. The molecule has 2 aliphatic rings. The summed E-state index contributed by atoms with van der Waals surface area (Å²) in [6.07, 6.45) is -1.95. The van der Waals surface area contributed by atoms with Gasteiger partial charge in [-0.1, -0.05) is 17.7 Å². The van der Waals surface area contributed by atoms with E-state index in [1.165, 1.54) is 17.4 Å². The minimum absolute atomic E-state index is 0.0492. The van der Waals surface area contributed by atoms with E-state index >= 15 is 0 Å². The van der Waals surface area contributed by atoms with E-state index in [4.69, 9.17) is 11.6 Å². The zero-order chi connectivity index (χ0) is 20.3. The lowest BCUT2D eigenvalue weighted by molar-refractivity contribution is -0.139. The predicted molar refractivity (Wildman–Crippen MR) is 106 cm³/mol. The van der Waals surface area contributed by atoms with Crippen molar-refractivity contribution in [1.82, 2.24) is 24.8 Å². The Morgan fingerprint density at radius 1 is 1.17 bits per heavy atom. The molecule has 1 aromatic carbocycles. The van der Waals surface area contributed by atoms with Crippen molar-refractivity contribution in [2.45, 2.75) is 51.1 Å². The van der Waals surface area contributed by atoms with Crippen molar-refractivity contribution < 1.29 is 13.2 Å². The van der Waals surface area contributed by atoms with Gasteiger partial charge in [-0.25, -0.2) is 9.97 Å². The fourth-order valence-corrected chi connectivity index (χ4v) is 5.12. The van der Waals surface area contributed by atoms with Gasteiger partial charge in [0.05, 0.1) is 5.52 Å². The molecule has 9 heteroatoms. The molecular formula is C20H21ClF3N5. The van der Waals surface area contributed by atoms with Crippen LogP contribution in [0.1, 0.15) is 24.2 Å². The number of likely N-dealkylation sites (tertiary alicyclic amines) is 1. The van der Waals surface area contributed by atoms with E-state index in [0.29, 0.717) is 34.3 Å². The molecule has 2 atom stereocenters. The highest BCUT2D eigenvalue weighted by molar-refractivity contribution is 6.34. The molecule has 0 aliphatic carbocycles. The van der Waals surface area contributed by atoms with Crippen LogP contribution in [0.15, 0.2) is 18.2 Å². The number of halogens is 4. The first kappa shape index (κ1) is 19.1. The van der Waals surface area contributed by atoms with Crippen LogP contribution in [0.5, 0.6) is 0 Å². The van der Waals surface area contributed by atoms with Gasteiger partial charge in [0.2, 0.25) is 0 Å². The van der Waals surface area contributed by atoms with E-state index in [9.17, 15) is 13.2 Å². The average Bonchev–Trinajstić information content (AvgIpc) is 3.11. The molecule has 3 aromatic rings. The van der Waals surface area contributed by atoms with Crippen molar-refractivity contribution >= 4 is 33.5 Å². The van der Waals surface area contributed by atoms with Gasteiger partial charge < -0.3 is 9.88 Å². The molecular weight excluding hydrogens is 403 g/mol. The molecule has 5 rings (SSSR count). The van der Waals surface area contributed by atoms with Gasteiger partial charge in [-0.2, -0.15) is 13.2 Å². The lowest BCUT2D eigenvalue weighted by atomic mass is 10.1. The van der Waals surface area contributed by atoms with Crippen molar-refractivity contribution in [3.05, 3.63) is 34.7 Å². The van der Waals surface area contributed by atoms with Crippen molar-refractivity contribution in [2.24, 2.45) is 0 Å². The highest BCUT2D eigenvalue weighted by atomic mass is 35.5. The molecule has 2 aliphatic heterocycles. The van der Waals surface area contributed by atoms with Crippen molar-refractivity contribution in [1.29, 1.82) is 0 Å². The van der Waals surface area contributed by atoms with Crippen molar-refractivity contribution in [3.63, 3.8) is 0 Å². The molecule has 29 heavy (non-hydrogen) atoms. The second-order valence-electron chi connectivity index (χ2n) is 8.14. The zero-order valence-corrected chi connectivity index (χ0v) is 16.7. The molecule has 2 unspecified atom stereocenters. The highest BCUT2D eigenvalue weighted by Gasteiger charge is 2.33. The normalized spacial score (nSPS) is 22.8. The standard InChI is InChI=1S/C20H21ClF3N5/c1-11-25-17-15-6-12(7-28-8-13-3-4-14(9-28)27-13)2-5-16(15)29(10-20(22,23)24)18(17)19(21)26-11/h2,5-6,13-14,27H,3-4,7-10H2,1H3. The topological polar surface area (TPSA) is 46.0 Å². The molecule has 0 saturated carbocycles. The van der Waals surface area contributed by atoms with Gasteiger partial charge in [0, 0.05) is 37.1 Å². The number of fused-ring (bicyclic) bond motifs is 5. The minimum atomic E-state index is -4.37. The third-order valence-electron chi connectivity index (χ3n) is 5.87. The number of benzene rings is 1. The third kappa shape index (κ3) is 3.58. The SMILES string of the molecule is Cc1nc(Cl)c2c(n1)c1cc(CN3CC4CCC(C3)N4)ccc1n2CC(F)(F)F. The molecule has 4 heterocycles. The second kappa shape index (κ2) is 6.82. The average molecular weight is 424 g/mol. The van der Waals surface area contributed by atoms with Crippen molar-refractivity contribution in [2.75, 3.05) is 13.1 Å². The van der Waals surface area contributed by atoms with Gasteiger partial charge in [-0.3, -0.25) is 4.90 Å². The number of aryl methyl sites for hydroxylation is 1. The number of alkyl halides is 3. The van der Waals surface area contributed by atoms with E-state index in [-0.39, 0.29) is 10.7 Å². The molecule has 2 bridgehead atoms. The highest BCUT2D eigenvalue weighted by Crippen LogP contribution is 2.35. The summed E-state index contributed by atoms with van der Waals surface area (Å²) >= 11 is 6.25. The number of piperazine rings is 1. The first-order valence-electron chi connectivity index (χ1n) is 9.77. The van der Waals surface area contributed by atoms with Crippen LogP contribution in [0.3, 0.4) is 0 Å². The van der Waals surface area contributed by atoms with Crippen molar-refractivity contribution in [3.8, 4) is 0 Å². The van der Waals surface area contributed by atoms with E-state index in [0.717, 1.165) is 25.2 Å². The number of nitrogens with one attached hydrogen (secondary N) is 1.